The molecule has 0 bridgehead atoms. The molecular weight excluding hydrogens is 390 g/mol. The molecule has 0 aliphatic rings. The van der Waals surface area contributed by atoms with Crippen molar-refractivity contribution < 1.29 is 74.9 Å². The Morgan fingerprint density at radius 3 is 1.81 bits per heavy atom. The van der Waals surface area contributed by atoms with E-state index < -0.39 is 53.0 Å². The number of aliphatic hydroxyl groups excluding tert-OH is 3. The Balaban J connectivity index is 0. The minimum absolute atomic E-state index is 0. The first-order chi connectivity index (χ1) is 8.83. The number of aliphatic hydroxyl groups is 3. The van der Waals surface area contributed by atoms with Gasteiger partial charge in [-0.05, 0) is 0 Å². The van der Waals surface area contributed by atoms with Crippen molar-refractivity contribution in [2.45, 2.75) is 18.3 Å². The van der Waals surface area contributed by atoms with Crippen LogP contribution in [-0.4, -0.2) is 52.6 Å². The van der Waals surface area contributed by atoms with Crippen molar-refractivity contribution >= 4 is 21.4 Å². The number of phosphoric ester groups is 2. The molecule has 0 saturated heterocycles. The summed E-state index contributed by atoms with van der Waals surface area (Å²) in [6.45, 7) is -2.63. The third-order valence-electron chi connectivity index (χ3n) is 1.82. The van der Waals surface area contributed by atoms with E-state index in [0.717, 1.165) is 0 Å². The second kappa shape index (κ2) is 9.43. The summed E-state index contributed by atoms with van der Waals surface area (Å²) < 4.78 is 27.3. The molecule has 0 aromatic rings. The van der Waals surface area contributed by atoms with Crippen molar-refractivity contribution in [1.29, 1.82) is 0 Å². The van der Waals surface area contributed by atoms with E-state index in [1.165, 1.54) is 0 Å². The first-order valence-electron chi connectivity index (χ1n) is 4.73. The molecule has 3 unspecified atom stereocenters. The third-order valence-corrected chi connectivity index (χ3v) is 2.73. The van der Waals surface area contributed by atoms with Crippen LogP contribution in [0.25, 0.3) is 0 Å². The molecule has 0 rings (SSSR count). The number of Topliss-reactive ketones (excluding diaryl/α,β-unsaturated/α-hetero) is 1. The fraction of sp³-hybridized carbons (Fsp3) is 0.833. The SMILES string of the molecule is O=C(COP(=O)([O-])[O-])C(O)C(O)C(O)COP(=O)([O-])[O-].[Cu]. The van der Waals surface area contributed by atoms with Gasteiger partial charge in [0.05, 0.1) is 22.3 Å². The summed E-state index contributed by atoms with van der Waals surface area (Å²) in [5.74, 6) is -1.48. The molecule has 0 spiro atoms. The Bertz CT molecular complexity index is 416. The zero-order valence-electron chi connectivity index (χ0n) is 9.86. The van der Waals surface area contributed by atoms with E-state index in [-0.39, 0.29) is 17.1 Å². The maximum absolute atomic E-state index is 11.1. The average Bonchev–Trinajstić information content (AvgIpc) is 2.29. The number of hydrogen-bond donors (Lipinski definition) is 3. The summed E-state index contributed by atoms with van der Waals surface area (Å²) >= 11 is 0. The van der Waals surface area contributed by atoms with Crippen LogP contribution in [0.5, 0.6) is 0 Å². The quantitative estimate of drug-likeness (QED) is 0.243. The Hall–Kier alpha value is 0.289. The van der Waals surface area contributed by atoms with Gasteiger partial charge in [0.2, 0.25) is 0 Å². The summed E-state index contributed by atoms with van der Waals surface area (Å²) in [7, 11) is -10.9. The predicted molar refractivity (Wildman–Crippen MR) is 50.1 cm³/mol. The van der Waals surface area contributed by atoms with Crippen LogP contribution in [0.2, 0.25) is 0 Å². The van der Waals surface area contributed by atoms with Crippen molar-refractivity contribution in [3.63, 3.8) is 0 Å². The van der Waals surface area contributed by atoms with Crippen molar-refractivity contribution in [2.24, 2.45) is 0 Å². The largest absolute Gasteiger partial charge is 0.790 e. The van der Waals surface area contributed by atoms with Crippen LogP contribution in [0, 0.1) is 0 Å². The Morgan fingerprint density at radius 1 is 1.00 bits per heavy atom. The van der Waals surface area contributed by atoms with E-state index in [0.29, 0.717) is 0 Å². The molecule has 131 valence electrons. The average molecular weight is 400 g/mol. The number of carbonyl (C=O) groups is 1. The van der Waals surface area contributed by atoms with E-state index in [1.54, 1.807) is 0 Å². The number of carbonyl (C=O) groups excluding carboxylic acids is 1. The van der Waals surface area contributed by atoms with Gasteiger partial charge in [0, 0.05) is 17.1 Å². The zero-order chi connectivity index (χ0) is 16.1. The summed E-state index contributed by atoms with van der Waals surface area (Å²) in [4.78, 5) is 51.4. The normalized spacial score (nSPS) is 16.7. The van der Waals surface area contributed by atoms with Gasteiger partial charge in [-0.2, -0.15) is 0 Å². The van der Waals surface area contributed by atoms with E-state index in [1.807, 2.05) is 0 Å². The molecule has 0 heterocycles. The first-order valence-corrected chi connectivity index (χ1v) is 7.65. The molecule has 0 fully saturated rings. The van der Waals surface area contributed by atoms with Gasteiger partial charge in [0.25, 0.3) is 0 Å². The zero-order valence-corrected chi connectivity index (χ0v) is 12.6. The van der Waals surface area contributed by atoms with Gasteiger partial charge in [-0.1, -0.05) is 0 Å². The Morgan fingerprint density at radius 2 is 1.43 bits per heavy atom. The van der Waals surface area contributed by atoms with E-state index >= 15 is 0 Å². The molecule has 0 aliphatic heterocycles. The monoisotopic (exact) mass is 399 g/mol. The summed E-state index contributed by atoms with van der Waals surface area (Å²) in [6, 6.07) is 0. The molecular formula is C6H10CuO12P2-4. The molecule has 0 aromatic carbocycles. The number of hydrogen-bond acceptors (Lipinski definition) is 12. The van der Waals surface area contributed by atoms with Crippen molar-refractivity contribution in [3.05, 3.63) is 0 Å². The maximum atomic E-state index is 11.1. The molecule has 21 heavy (non-hydrogen) atoms. The van der Waals surface area contributed by atoms with Gasteiger partial charge in [0.1, 0.15) is 24.9 Å². The van der Waals surface area contributed by atoms with E-state index in [2.05, 4.69) is 9.05 Å². The van der Waals surface area contributed by atoms with Crippen LogP contribution >= 0.6 is 15.6 Å². The van der Waals surface area contributed by atoms with E-state index in [9.17, 15) is 38.6 Å². The first kappa shape index (κ1) is 23.6. The molecule has 3 N–H and O–H groups in total. The number of rotatable bonds is 9. The van der Waals surface area contributed by atoms with Crippen molar-refractivity contribution in [3.8, 4) is 0 Å². The predicted octanol–water partition coefficient (Wildman–Crippen LogP) is -5.67. The van der Waals surface area contributed by atoms with Crippen LogP contribution in [0.1, 0.15) is 0 Å². The third kappa shape index (κ3) is 11.5. The van der Waals surface area contributed by atoms with Crippen molar-refractivity contribution in [2.75, 3.05) is 13.2 Å². The van der Waals surface area contributed by atoms with Crippen LogP contribution in [0.4, 0.5) is 0 Å². The Labute approximate surface area is 128 Å². The molecule has 0 saturated carbocycles. The summed E-state index contributed by atoms with van der Waals surface area (Å²) in [5.41, 5.74) is 0. The molecule has 0 aliphatic carbocycles. The van der Waals surface area contributed by atoms with Crippen LogP contribution in [0.15, 0.2) is 0 Å². The summed E-state index contributed by atoms with van der Waals surface area (Å²) in [5, 5.41) is 27.5. The minimum Gasteiger partial charge on any atom is -0.790 e. The van der Waals surface area contributed by atoms with Crippen molar-refractivity contribution in [1.82, 2.24) is 0 Å². The number of ketones is 1. The van der Waals surface area contributed by atoms with Gasteiger partial charge in [-0.3, -0.25) is 4.79 Å². The topological polar surface area (TPSA) is 223 Å². The van der Waals surface area contributed by atoms with Gasteiger partial charge in [0.15, 0.2) is 5.78 Å². The second-order valence-corrected chi connectivity index (χ2v) is 5.74. The van der Waals surface area contributed by atoms with Gasteiger partial charge >= 0.3 is 0 Å². The minimum atomic E-state index is -5.47. The fourth-order valence-electron chi connectivity index (χ4n) is 0.895. The van der Waals surface area contributed by atoms with Crippen LogP contribution in [0.3, 0.4) is 0 Å². The maximum Gasteiger partial charge on any atom is 0.189 e. The molecule has 12 nitrogen and oxygen atoms in total. The smallest absolute Gasteiger partial charge is 0.189 e. The fourth-order valence-corrected chi connectivity index (χ4v) is 1.52. The molecule has 0 aromatic heterocycles. The van der Waals surface area contributed by atoms with Gasteiger partial charge < -0.3 is 53.1 Å². The molecule has 3 atom stereocenters. The van der Waals surface area contributed by atoms with Crippen LogP contribution < -0.4 is 19.6 Å². The van der Waals surface area contributed by atoms with E-state index in [4.69, 9.17) is 10.2 Å². The molecule has 0 amide bonds. The van der Waals surface area contributed by atoms with Gasteiger partial charge in [-0.25, -0.2) is 0 Å². The van der Waals surface area contributed by atoms with Gasteiger partial charge in [-0.15, -0.1) is 0 Å². The number of phosphoric acid groups is 2. The summed E-state index contributed by atoms with van der Waals surface area (Å²) in [6.07, 6.45) is -6.83. The second-order valence-electron chi connectivity index (χ2n) is 3.43. The standard InChI is InChI=1S/C6H14O12P2.Cu/c7-3(1-17-19(11,12)13)5(9)6(10)4(8)2-18-20(14,15)16;/h3,5-7,9-10H,1-2H2,(H2,11,12,13)(H2,14,15,16);/p-4. The molecule has 15 heteroatoms. The molecule has 1 radical (unpaired) electrons. The Kier molecular flexibility index (Phi) is 10.6. The van der Waals surface area contributed by atoms with Crippen LogP contribution in [-0.2, 0) is 40.0 Å².